The van der Waals surface area contributed by atoms with E-state index in [1.165, 1.54) is 0 Å². The molecule has 5 nitrogen and oxygen atoms in total. The van der Waals surface area contributed by atoms with Crippen LogP contribution in [0.3, 0.4) is 0 Å². The van der Waals surface area contributed by atoms with Crippen molar-refractivity contribution in [1.29, 1.82) is 5.26 Å². The van der Waals surface area contributed by atoms with Gasteiger partial charge in [-0.2, -0.15) is 5.26 Å². The number of morpholine rings is 1. The maximum Gasteiger partial charge on any atom is 0.161 e. The molecule has 0 aromatic carbocycles. The standard InChI is InChI=1S/C14H20N4O/c1-3-13(16-2)14-5-4-11(9-17-14)18-6-7-19-12(8-15)10-18/h4-5,9,12-13,16H,3,6-7,10H2,1-2H3. The van der Waals surface area contributed by atoms with Gasteiger partial charge in [0.1, 0.15) is 0 Å². The van der Waals surface area contributed by atoms with Gasteiger partial charge in [-0.3, -0.25) is 4.98 Å². The molecule has 0 bridgehead atoms. The van der Waals surface area contributed by atoms with Crippen molar-refractivity contribution in [1.82, 2.24) is 10.3 Å². The van der Waals surface area contributed by atoms with Crippen LogP contribution in [-0.2, 0) is 4.74 Å². The first-order chi connectivity index (χ1) is 9.28. The zero-order valence-electron chi connectivity index (χ0n) is 11.5. The molecule has 1 aliphatic rings. The lowest BCUT2D eigenvalue weighted by Crippen LogP contribution is -2.41. The van der Waals surface area contributed by atoms with E-state index in [-0.39, 0.29) is 6.10 Å². The van der Waals surface area contributed by atoms with Crippen LogP contribution in [-0.4, -0.2) is 37.8 Å². The molecule has 1 saturated heterocycles. The van der Waals surface area contributed by atoms with Gasteiger partial charge >= 0.3 is 0 Å². The Morgan fingerprint density at radius 3 is 3.05 bits per heavy atom. The fraction of sp³-hybridized carbons (Fsp3) is 0.571. The second-order valence-electron chi connectivity index (χ2n) is 4.63. The van der Waals surface area contributed by atoms with Crippen LogP contribution in [0.5, 0.6) is 0 Å². The van der Waals surface area contributed by atoms with Crippen molar-refractivity contribution in [3.8, 4) is 6.07 Å². The minimum Gasteiger partial charge on any atom is -0.364 e. The molecule has 0 radical (unpaired) electrons. The summed E-state index contributed by atoms with van der Waals surface area (Å²) in [5, 5.41) is 12.2. The van der Waals surface area contributed by atoms with Crippen LogP contribution in [0.2, 0.25) is 0 Å². The third-order valence-electron chi connectivity index (χ3n) is 3.46. The summed E-state index contributed by atoms with van der Waals surface area (Å²) in [7, 11) is 1.95. The first-order valence-electron chi connectivity index (χ1n) is 6.67. The largest absolute Gasteiger partial charge is 0.364 e. The summed E-state index contributed by atoms with van der Waals surface area (Å²) in [6.45, 7) is 4.15. The summed E-state index contributed by atoms with van der Waals surface area (Å²) in [6.07, 6.45) is 2.56. The molecule has 0 saturated carbocycles. The van der Waals surface area contributed by atoms with Crippen LogP contribution < -0.4 is 10.2 Å². The average Bonchev–Trinajstić information content (AvgIpc) is 2.49. The minimum absolute atomic E-state index is 0.297. The number of nitrogens with one attached hydrogen (secondary N) is 1. The van der Waals surface area contributed by atoms with E-state index in [1.807, 2.05) is 13.2 Å². The third kappa shape index (κ3) is 3.22. The predicted octanol–water partition coefficient (Wildman–Crippen LogP) is 1.48. The molecule has 0 amide bonds. The van der Waals surface area contributed by atoms with E-state index in [4.69, 9.17) is 10.00 Å². The Bertz CT molecular complexity index is 436. The quantitative estimate of drug-likeness (QED) is 0.888. The van der Waals surface area contributed by atoms with Gasteiger partial charge in [0.05, 0.1) is 36.8 Å². The summed E-state index contributed by atoms with van der Waals surface area (Å²) in [6, 6.07) is 6.58. The summed E-state index contributed by atoms with van der Waals surface area (Å²) < 4.78 is 5.34. The van der Waals surface area contributed by atoms with E-state index in [1.54, 1.807) is 0 Å². The number of nitriles is 1. The molecule has 2 atom stereocenters. The number of ether oxygens (including phenoxy) is 1. The van der Waals surface area contributed by atoms with Gasteiger partial charge in [-0.25, -0.2) is 0 Å². The van der Waals surface area contributed by atoms with Crippen LogP contribution in [0.1, 0.15) is 25.1 Å². The lowest BCUT2D eigenvalue weighted by Gasteiger charge is -2.31. The van der Waals surface area contributed by atoms with Gasteiger partial charge in [0, 0.05) is 12.6 Å². The maximum absolute atomic E-state index is 8.91. The molecule has 1 aromatic heterocycles. The molecule has 1 aromatic rings. The summed E-state index contributed by atoms with van der Waals surface area (Å²) in [4.78, 5) is 6.67. The molecule has 1 aliphatic heterocycles. The average molecular weight is 260 g/mol. The number of hydrogen-bond acceptors (Lipinski definition) is 5. The Labute approximate surface area is 114 Å². The Hall–Kier alpha value is -1.64. The topological polar surface area (TPSA) is 61.2 Å². The highest BCUT2D eigenvalue weighted by Gasteiger charge is 2.20. The number of anilines is 1. The Kier molecular flexibility index (Phi) is 4.72. The zero-order chi connectivity index (χ0) is 13.7. The van der Waals surface area contributed by atoms with E-state index in [2.05, 4.69) is 40.3 Å². The van der Waals surface area contributed by atoms with Gasteiger partial charge in [-0.1, -0.05) is 6.92 Å². The smallest absolute Gasteiger partial charge is 0.161 e. The summed E-state index contributed by atoms with van der Waals surface area (Å²) in [5.74, 6) is 0. The van der Waals surface area contributed by atoms with Crippen molar-refractivity contribution in [3.05, 3.63) is 24.0 Å². The molecule has 1 N–H and O–H groups in total. The van der Waals surface area contributed by atoms with Crippen molar-refractivity contribution >= 4 is 5.69 Å². The second-order valence-corrected chi connectivity index (χ2v) is 4.63. The van der Waals surface area contributed by atoms with Gasteiger partial charge < -0.3 is 15.0 Å². The number of hydrogen-bond donors (Lipinski definition) is 1. The Morgan fingerprint density at radius 2 is 2.47 bits per heavy atom. The van der Waals surface area contributed by atoms with Crippen LogP contribution in [0.4, 0.5) is 5.69 Å². The number of nitrogens with zero attached hydrogens (tertiary/aromatic N) is 3. The molecular formula is C14H20N4O. The molecule has 2 rings (SSSR count). The molecule has 2 heterocycles. The van der Waals surface area contributed by atoms with Crippen molar-refractivity contribution in [3.63, 3.8) is 0 Å². The summed E-state index contributed by atoms with van der Waals surface area (Å²) >= 11 is 0. The van der Waals surface area contributed by atoms with Gasteiger partial charge in [0.15, 0.2) is 6.10 Å². The molecule has 2 unspecified atom stereocenters. The van der Waals surface area contributed by atoms with Gasteiger partial charge in [0.2, 0.25) is 0 Å². The van der Waals surface area contributed by atoms with Crippen molar-refractivity contribution in [2.75, 3.05) is 31.6 Å². The Morgan fingerprint density at radius 1 is 1.63 bits per heavy atom. The molecule has 102 valence electrons. The molecule has 5 heteroatoms. The second kappa shape index (κ2) is 6.50. The van der Waals surface area contributed by atoms with Crippen LogP contribution in [0.15, 0.2) is 18.3 Å². The van der Waals surface area contributed by atoms with Crippen molar-refractivity contribution in [2.45, 2.75) is 25.5 Å². The van der Waals surface area contributed by atoms with Gasteiger partial charge in [-0.15, -0.1) is 0 Å². The highest BCUT2D eigenvalue weighted by molar-refractivity contribution is 5.45. The van der Waals surface area contributed by atoms with Crippen molar-refractivity contribution < 1.29 is 4.74 Å². The molecular weight excluding hydrogens is 240 g/mol. The maximum atomic E-state index is 8.91. The van der Waals surface area contributed by atoms with Crippen LogP contribution in [0.25, 0.3) is 0 Å². The van der Waals surface area contributed by atoms with Gasteiger partial charge in [0.25, 0.3) is 0 Å². The monoisotopic (exact) mass is 260 g/mol. The Balaban J connectivity index is 2.08. The van der Waals surface area contributed by atoms with E-state index in [0.29, 0.717) is 19.2 Å². The van der Waals surface area contributed by atoms with E-state index in [0.717, 1.165) is 24.3 Å². The number of aromatic nitrogens is 1. The molecule has 19 heavy (non-hydrogen) atoms. The lowest BCUT2D eigenvalue weighted by atomic mass is 10.1. The highest BCUT2D eigenvalue weighted by Crippen LogP contribution is 2.20. The molecule has 0 aliphatic carbocycles. The SMILES string of the molecule is CCC(NC)c1ccc(N2CCOC(C#N)C2)cn1. The molecule has 1 fully saturated rings. The van der Waals surface area contributed by atoms with E-state index in [9.17, 15) is 0 Å². The lowest BCUT2D eigenvalue weighted by molar-refractivity contribution is 0.0764. The third-order valence-corrected chi connectivity index (χ3v) is 3.46. The first kappa shape index (κ1) is 13.8. The van der Waals surface area contributed by atoms with Gasteiger partial charge in [-0.05, 0) is 25.6 Å². The molecule has 0 spiro atoms. The first-order valence-corrected chi connectivity index (χ1v) is 6.67. The highest BCUT2D eigenvalue weighted by atomic mass is 16.5. The fourth-order valence-electron chi connectivity index (χ4n) is 2.31. The fourth-order valence-corrected chi connectivity index (χ4v) is 2.31. The van der Waals surface area contributed by atoms with Crippen molar-refractivity contribution in [2.24, 2.45) is 0 Å². The normalized spacial score (nSPS) is 20.9. The van der Waals surface area contributed by atoms with E-state index < -0.39 is 0 Å². The number of rotatable bonds is 4. The zero-order valence-corrected chi connectivity index (χ0v) is 11.5. The summed E-state index contributed by atoms with van der Waals surface area (Å²) in [5.41, 5.74) is 2.11. The number of pyridine rings is 1. The predicted molar refractivity (Wildman–Crippen MR) is 73.9 cm³/mol. The van der Waals surface area contributed by atoms with E-state index >= 15 is 0 Å². The van der Waals surface area contributed by atoms with Crippen LogP contribution in [0, 0.1) is 11.3 Å². The van der Waals surface area contributed by atoms with Crippen LogP contribution >= 0.6 is 0 Å². The minimum atomic E-state index is -0.339.